The maximum absolute atomic E-state index is 12.9. The molecule has 0 aromatic heterocycles. The molecule has 1 aliphatic carbocycles. The average molecular weight is 321 g/mol. The molecule has 5 heteroatoms. The van der Waals surface area contributed by atoms with E-state index in [4.69, 9.17) is 0 Å². The van der Waals surface area contributed by atoms with Crippen molar-refractivity contribution in [2.45, 2.75) is 20.3 Å². The maximum Gasteiger partial charge on any atom is 1.00 e. The summed E-state index contributed by atoms with van der Waals surface area (Å²) >= 11 is 0. The van der Waals surface area contributed by atoms with Crippen LogP contribution in [0, 0.1) is 5.92 Å². The van der Waals surface area contributed by atoms with Crippen molar-refractivity contribution in [2.24, 2.45) is 5.92 Å². The van der Waals surface area contributed by atoms with Crippen molar-refractivity contribution in [3.8, 4) is 0 Å². The Bertz CT molecular complexity index is 633. The van der Waals surface area contributed by atoms with Crippen molar-refractivity contribution in [3.63, 3.8) is 0 Å². The molecule has 0 N–H and O–H groups in total. The van der Waals surface area contributed by atoms with Crippen molar-refractivity contribution in [3.05, 3.63) is 53.6 Å². The van der Waals surface area contributed by atoms with Gasteiger partial charge in [-0.2, -0.15) is 0 Å². The van der Waals surface area contributed by atoms with Gasteiger partial charge in [0.25, 0.3) is 0 Å². The van der Waals surface area contributed by atoms with Crippen LogP contribution < -0.4 is 39.6 Å². The van der Waals surface area contributed by atoms with E-state index in [1.807, 2.05) is 32.1 Å². The Kier molecular flexibility index (Phi) is 7.76. The van der Waals surface area contributed by atoms with Gasteiger partial charge < -0.3 is 14.8 Å². The maximum atomic E-state index is 12.9. The predicted octanol–water partition coefficient (Wildman–Crippen LogP) is -1.03. The fourth-order valence-corrected chi connectivity index (χ4v) is 2.80. The van der Waals surface area contributed by atoms with Gasteiger partial charge in [-0.1, -0.05) is 30.4 Å². The normalized spacial score (nSPS) is 16.3. The van der Waals surface area contributed by atoms with Gasteiger partial charge in [0.15, 0.2) is 5.78 Å². The topological polar surface area (TPSA) is 60.4 Å². The Morgan fingerprint density at radius 3 is 2.48 bits per heavy atom. The van der Waals surface area contributed by atoms with Crippen molar-refractivity contribution in [1.29, 1.82) is 0 Å². The minimum atomic E-state index is -1.27. The second kappa shape index (κ2) is 9.06. The smallest absolute Gasteiger partial charge is 0.545 e. The zero-order valence-corrected chi connectivity index (χ0v) is 15.9. The van der Waals surface area contributed by atoms with Crippen LogP contribution in [0.2, 0.25) is 0 Å². The van der Waals surface area contributed by atoms with E-state index in [9.17, 15) is 14.7 Å². The van der Waals surface area contributed by atoms with Crippen LogP contribution in [0.1, 0.15) is 30.6 Å². The first kappa shape index (κ1) is 19.7. The third-order valence-corrected chi connectivity index (χ3v) is 3.98. The SMILES string of the molecule is CCN(CC)c1ccccc1C(=O)C1CC=CC=C1C(=O)[O-].[Na+]. The number of anilines is 1. The van der Waals surface area contributed by atoms with Gasteiger partial charge in [-0.15, -0.1) is 0 Å². The number of Topliss-reactive ketones (excluding diaryl/α,β-unsaturated/α-hetero) is 1. The van der Waals surface area contributed by atoms with E-state index in [2.05, 4.69) is 4.90 Å². The summed E-state index contributed by atoms with van der Waals surface area (Å²) in [4.78, 5) is 26.2. The molecule has 1 aliphatic rings. The number of carbonyl (C=O) groups excluding carboxylic acids is 2. The van der Waals surface area contributed by atoms with Crippen LogP contribution in [0.5, 0.6) is 0 Å². The molecule has 2 rings (SSSR count). The Hall–Kier alpha value is -1.36. The molecule has 1 unspecified atom stereocenters. The number of carboxylic acids is 1. The average Bonchev–Trinajstić information content (AvgIpc) is 2.56. The number of nitrogens with zero attached hydrogens (tertiary/aromatic N) is 1. The van der Waals surface area contributed by atoms with Gasteiger partial charge in [-0.25, -0.2) is 0 Å². The minimum Gasteiger partial charge on any atom is -0.545 e. The standard InChI is InChI=1S/C18H21NO3.Na/c1-3-19(4-2)16-12-8-7-11-15(16)17(20)13-9-5-6-10-14(13)18(21)22;/h5-8,10-13H,3-4,9H2,1-2H3,(H,21,22);/q;+1/p-1. The van der Waals surface area contributed by atoms with E-state index < -0.39 is 11.9 Å². The second-order valence-electron chi connectivity index (χ2n) is 5.18. The number of hydrogen-bond donors (Lipinski definition) is 0. The Morgan fingerprint density at radius 1 is 1.22 bits per heavy atom. The Balaban J connectivity index is 0.00000264. The number of allylic oxidation sites excluding steroid dienone is 3. The predicted molar refractivity (Wildman–Crippen MR) is 84.7 cm³/mol. The molecule has 1 aromatic carbocycles. The van der Waals surface area contributed by atoms with Crippen LogP contribution in [-0.2, 0) is 4.79 Å². The van der Waals surface area contributed by atoms with E-state index in [0.717, 1.165) is 18.8 Å². The summed E-state index contributed by atoms with van der Waals surface area (Å²) in [6.07, 6.45) is 5.33. The van der Waals surface area contributed by atoms with Crippen molar-refractivity contribution >= 4 is 17.4 Å². The molecule has 0 bridgehead atoms. The molecule has 0 amide bonds. The molecule has 4 nitrogen and oxygen atoms in total. The number of para-hydroxylation sites is 1. The van der Waals surface area contributed by atoms with Crippen molar-refractivity contribution in [2.75, 3.05) is 18.0 Å². The molecular formula is C18H20NNaO3. The molecule has 116 valence electrons. The summed E-state index contributed by atoms with van der Waals surface area (Å²) in [6, 6.07) is 7.37. The molecule has 0 spiro atoms. The molecule has 1 aromatic rings. The zero-order valence-electron chi connectivity index (χ0n) is 13.9. The van der Waals surface area contributed by atoms with Gasteiger partial charge in [0.1, 0.15) is 0 Å². The number of rotatable bonds is 6. The summed E-state index contributed by atoms with van der Waals surface area (Å²) in [5, 5.41) is 11.3. The number of aliphatic carboxylic acids is 1. The van der Waals surface area contributed by atoms with Crippen molar-refractivity contribution in [1.82, 2.24) is 0 Å². The fraction of sp³-hybridized carbons (Fsp3) is 0.333. The summed E-state index contributed by atoms with van der Waals surface area (Å²) in [6.45, 7) is 5.63. The van der Waals surface area contributed by atoms with E-state index in [1.54, 1.807) is 18.2 Å². The zero-order chi connectivity index (χ0) is 16.1. The molecular weight excluding hydrogens is 301 g/mol. The molecule has 23 heavy (non-hydrogen) atoms. The monoisotopic (exact) mass is 321 g/mol. The first-order valence-electron chi connectivity index (χ1n) is 7.56. The van der Waals surface area contributed by atoms with Gasteiger partial charge in [0, 0.05) is 24.3 Å². The molecule has 0 saturated carbocycles. The third kappa shape index (κ3) is 4.34. The second-order valence-corrected chi connectivity index (χ2v) is 5.18. The van der Waals surface area contributed by atoms with Gasteiger partial charge in [0.2, 0.25) is 0 Å². The van der Waals surface area contributed by atoms with Crippen LogP contribution in [0.15, 0.2) is 48.1 Å². The Morgan fingerprint density at radius 2 is 1.87 bits per heavy atom. The number of carboxylic acid groups (broad SMARTS) is 1. The molecule has 1 atom stereocenters. The van der Waals surface area contributed by atoms with E-state index in [0.29, 0.717) is 12.0 Å². The molecule has 0 radical (unpaired) electrons. The summed E-state index contributed by atoms with van der Waals surface area (Å²) in [5.74, 6) is -2.11. The number of benzene rings is 1. The molecule has 0 aliphatic heterocycles. The van der Waals surface area contributed by atoms with Crippen LogP contribution in [0.4, 0.5) is 5.69 Å². The van der Waals surface area contributed by atoms with E-state index >= 15 is 0 Å². The minimum absolute atomic E-state index is 0. The van der Waals surface area contributed by atoms with Gasteiger partial charge in [-0.3, -0.25) is 4.79 Å². The van der Waals surface area contributed by atoms with Gasteiger partial charge >= 0.3 is 29.6 Å². The van der Waals surface area contributed by atoms with Gasteiger partial charge in [0.05, 0.1) is 11.9 Å². The number of hydrogen-bond acceptors (Lipinski definition) is 4. The van der Waals surface area contributed by atoms with Crippen molar-refractivity contribution < 1.29 is 44.3 Å². The molecule has 0 saturated heterocycles. The van der Waals surface area contributed by atoms with E-state index in [-0.39, 0.29) is 40.9 Å². The molecule has 0 fully saturated rings. The number of ketones is 1. The summed E-state index contributed by atoms with van der Waals surface area (Å²) in [7, 11) is 0. The number of carbonyl (C=O) groups is 2. The van der Waals surface area contributed by atoms with Crippen LogP contribution >= 0.6 is 0 Å². The third-order valence-electron chi connectivity index (χ3n) is 3.98. The Labute approximate surface area is 159 Å². The quantitative estimate of drug-likeness (QED) is 0.497. The summed E-state index contributed by atoms with van der Waals surface area (Å²) in [5.41, 5.74) is 1.48. The first-order chi connectivity index (χ1) is 10.6. The first-order valence-corrected chi connectivity index (χ1v) is 7.56. The fourth-order valence-electron chi connectivity index (χ4n) is 2.80. The summed E-state index contributed by atoms with van der Waals surface area (Å²) < 4.78 is 0. The van der Waals surface area contributed by atoms with E-state index in [1.165, 1.54) is 6.08 Å². The van der Waals surface area contributed by atoms with Crippen LogP contribution in [-0.4, -0.2) is 24.8 Å². The largest absolute Gasteiger partial charge is 1.00 e. The molecule has 0 heterocycles. The van der Waals surface area contributed by atoms with Crippen LogP contribution in [0.3, 0.4) is 0 Å². The van der Waals surface area contributed by atoms with Gasteiger partial charge in [-0.05, 0) is 38.0 Å². The van der Waals surface area contributed by atoms with Crippen LogP contribution in [0.25, 0.3) is 0 Å².